The van der Waals surface area contributed by atoms with Crippen LogP contribution in [-0.2, 0) is 6.42 Å². The maximum absolute atomic E-state index is 11.3. The Kier molecular flexibility index (Phi) is 4.99. The summed E-state index contributed by atoms with van der Waals surface area (Å²) in [5, 5.41) is 10.1. The summed E-state index contributed by atoms with van der Waals surface area (Å²) < 4.78 is 0. The molecule has 1 aromatic heterocycles. The molecule has 0 amide bonds. The number of aromatic nitrogens is 1. The molecule has 1 aliphatic rings. The van der Waals surface area contributed by atoms with Crippen LogP contribution < -0.4 is 4.90 Å². The third-order valence-electron chi connectivity index (χ3n) is 3.71. The Bertz CT molecular complexity index is 475. The van der Waals surface area contributed by atoms with Crippen LogP contribution in [0, 0.1) is 5.92 Å². The first kappa shape index (κ1) is 15.3. The van der Waals surface area contributed by atoms with E-state index < -0.39 is 5.97 Å². The molecule has 0 bridgehead atoms. The molecular formula is C14H23N3O2S. The van der Waals surface area contributed by atoms with Crippen LogP contribution in [0.1, 0.15) is 35.1 Å². The molecule has 0 saturated carbocycles. The fourth-order valence-electron chi connectivity index (χ4n) is 2.72. The minimum Gasteiger partial charge on any atom is -0.477 e. The SMILES string of the molecule is CCCc1nc(N(C)CC2CCN(C)C2)sc1C(=O)O. The smallest absolute Gasteiger partial charge is 0.347 e. The maximum atomic E-state index is 11.3. The molecule has 5 nitrogen and oxygen atoms in total. The Balaban J connectivity index is 2.07. The molecule has 2 heterocycles. The molecule has 1 fully saturated rings. The quantitative estimate of drug-likeness (QED) is 0.872. The zero-order chi connectivity index (χ0) is 14.7. The lowest BCUT2D eigenvalue weighted by Crippen LogP contribution is -2.27. The minimum absolute atomic E-state index is 0.400. The summed E-state index contributed by atoms with van der Waals surface area (Å²) >= 11 is 1.30. The lowest BCUT2D eigenvalue weighted by atomic mass is 10.1. The number of carboxylic acids is 1. The van der Waals surface area contributed by atoms with Crippen molar-refractivity contribution in [2.24, 2.45) is 5.92 Å². The Hall–Kier alpha value is -1.14. The third-order valence-corrected chi connectivity index (χ3v) is 4.91. The van der Waals surface area contributed by atoms with E-state index in [0.29, 0.717) is 10.8 Å². The Morgan fingerprint density at radius 3 is 2.90 bits per heavy atom. The van der Waals surface area contributed by atoms with Gasteiger partial charge in [0.15, 0.2) is 5.13 Å². The van der Waals surface area contributed by atoms with Gasteiger partial charge < -0.3 is 14.9 Å². The number of rotatable bonds is 6. The number of aromatic carboxylic acids is 1. The van der Waals surface area contributed by atoms with Crippen LogP contribution in [0.4, 0.5) is 5.13 Å². The number of hydrogen-bond acceptors (Lipinski definition) is 5. The van der Waals surface area contributed by atoms with Crippen LogP contribution in [0.25, 0.3) is 0 Å². The molecule has 1 aliphatic heterocycles. The van der Waals surface area contributed by atoms with E-state index in [0.717, 1.165) is 43.3 Å². The Morgan fingerprint density at radius 1 is 1.60 bits per heavy atom. The molecular weight excluding hydrogens is 274 g/mol. The van der Waals surface area contributed by atoms with Crippen molar-refractivity contribution in [1.29, 1.82) is 0 Å². The Morgan fingerprint density at radius 2 is 2.35 bits per heavy atom. The number of likely N-dealkylation sites (tertiary alicyclic amines) is 1. The van der Waals surface area contributed by atoms with E-state index in [4.69, 9.17) is 0 Å². The normalized spacial score (nSPS) is 19.4. The standard InChI is InChI=1S/C14H23N3O2S/c1-4-5-11-12(13(18)19)20-14(15-11)17(3)9-10-6-7-16(2)8-10/h10H,4-9H2,1-3H3,(H,18,19). The largest absolute Gasteiger partial charge is 0.477 e. The van der Waals surface area contributed by atoms with E-state index in [1.165, 1.54) is 17.8 Å². The molecule has 20 heavy (non-hydrogen) atoms. The van der Waals surface area contributed by atoms with Crippen molar-refractivity contribution in [2.45, 2.75) is 26.2 Å². The van der Waals surface area contributed by atoms with Gasteiger partial charge in [-0.1, -0.05) is 24.7 Å². The highest BCUT2D eigenvalue weighted by molar-refractivity contribution is 7.17. The van der Waals surface area contributed by atoms with Gasteiger partial charge in [-0.15, -0.1) is 0 Å². The molecule has 1 unspecified atom stereocenters. The highest BCUT2D eigenvalue weighted by Crippen LogP contribution is 2.28. The van der Waals surface area contributed by atoms with Gasteiger partial charge in [0.05, 0.1) is 5.69 Å². The summed E-state index contributed by atoms with van der Waals surface area (Å²) in [7, 11) is 4.16. The highest BCUT2D eigenvalue weighted by Gasteiger charge is 2.23. The van der Waals surface area contributed by atoms with Crippen LogP contribution in [0.5, 0.6) is 0 Å². The van der Waals surface area contributed by atoms with E-state index in [9.17, 15) is 9.90 Å². The lowest BCUT2D eigenvalue weighted by Gasteiger charge is -2.20. The molecule has 0 spiro atoms. The highest BCUT2D eigenvalue weighted by atomic mass is 32.1. The number of anilines is 1. The Labute approximate surface area is 124 Å². The molecule has 112 valence electrons. The molecule has 1 atom stereocenters. The summed E-state index contributed by atoms with van der Waals surface area (Å²) in [5.41, 5.74) is 0.732. The molecule has 1 aromatic rings. The van der Waals surface area contributed by atoms with Crippen molar-refractivity contribution < 1.29 is 9.90 Å². The predicted molar refractivity (Wildman–Crippen MR) is 81.9 cm³/mol. The number of thiazole rings is 1. The van der Waals surface area contributed by atoms with Gasteiger partial charge >= 0.3 is 5.97 Å². The fourth-order valence-corrected chi connectivity index (χ4v) is 3.64. The van der Waals surface area contributed by atoms with Crippen molar-refractivity contribution in [3.63, 3.8) is 0 Å². The van der Waals surface area contributed by atoms with Gasteiger partial charge in [0, 0.05) is 20.1 Å². The van der Waals surface area contributed by atoms with Gasteiger partial charge in [0.1, 0.15) is 4.88 Å². The second-order valence-electron chi connectivity index (χ2n) is 5.62. The average molecular weight is 297 g/mol. The van der Waals surface area contributed by atoms with Crippen LogP contribution in [0.3, 0.4) is 0 Å². The van der Waals surface area contributed by atoms with E-state index in [1.807, 2.05) is 14.0 Å². The van der Waals surface area contributed by atoms with Gasteiger partial charge in [-0.3, -0.25) is 0 Å². The number of aryl methyl sites for hydroxylation is 1. The van der Waals surface area contributed by atoms with E-state index in [-0.39, 0.29) is 0 Å². The lowest BCUT2D eigenvalue weighted by molar-refractivity contribution is 0.0700. The van der Waals surface area contributed by atoms with Gasteiger partial charge in [-0.2, -0.15) is 0 Å². The van der Waals surface area contributed by atoms with E-state index >= 15 is 0 Å². The van der Waals surface area contributed by atoms with Crippen molar-refractivity contribution in [3.05, 3.63) is 10.6 Å². The monoisotopic (exact) mass is 297 g/mol. The topological polar surface area (TPSA) is 56.7 Å². The molecule has 0 aromatic carbocycles. The third kappa shape index (κ3) is 3.49. The van der Waals surface area contributed by atoms with Crippen LogP contribution in [0.2, 0.25) is 0 Å². The van der Waals surface area contributed by atoms with Gasteiger partial charge in [0.25, 0.3) is 0 Å². The van der Waals surface area contributed by atoms with Crippen LogP contribution >= 0.6 is 11.3 Å². The number of hydrogen-bond donors (Lipinski definition) is 1. The van der Waals surface area contributed by atoms with E-state index in [1.54, 1.807) is 0 Å². The number of nitrogens with zero attached hydrogens (tertiary/aromatic N) is 3. The van der Waals surface area contributed by atoms with Crippen molar-refractivity contribution in [2.75, 3.05) is 38.6 Å². The maximum Gasteiger partial charge on any atom is 0.347 e. The van der Waals surface area contributed by atoms with Gasteiger partial charge in [-0.25, -0.2) is 9.78 Å². The molecule has 1 saturated heterocycles. The average Bonchev–Trinajstić information content (AvgIpc) is 2.96. The summed E-state index contributed by atoms with van der Waals surface area (Å²) in [6, 6.07) is 0. The zero-order valence-electron chi connectivity index (χ0n) is 12.4. The first-order valence-electron chi connectivity index (χ1n) is 7.14. The van der Waals surface area contributed by atoms with Crippen molar-refractivity contribution >= 4 is 22.4 Å². The predicted octanol–water partition coefficient (Wildman–Crippen LogP) is 2.18. The summed E-state index contributed by atoms with van der Waals surface area (Å²) in [4.78, 5) is 20.6. The zero-order valence-corrected chi connectivity index (χ0v) is 13.2. The van der Waals surface area contributed by atoms with E-state index in [2.05, 4.69) is 21.8 Å². The number of carboxylic acid groups (broad SMARTS) is 1. The second-order valence-corrected chi connectivity index (χ2v) is 6.60. The minimum atomic E-state index is -0.855. The van der Waals surface area contributed by atoms with Gasteiger partial charge in [-0.05, 0) is 32.4 Å². The first-order valence-corrected chi connectivity index (χ1v) is 7.95. The van der Waals surface area contributed by atoms with Crippen LogP contribution in [-0.4, -0.2) is 54.7 Å². The summed E-state index contributed by atoms with van der Waals surface area (Å²) in [5.74, 6) is -0.206. The van der Waals surface area contributed by atoms with Crippen molar-refractivity contribution in [3.8, 4) is 0 Å². The molecule has 6 heteroatoms. The number of carbonyl (C=O) groups is 1. The van der Waals surface area contributed by atoms with Crippen molar-refractivity contribution in [1.82, 2.24) is 9.88 Å². The molecule has 0 aliphatic carbocycles. The summed E-state index contributed by atoms with van der Waals surface area (Å²) in [6.45, 7) is 5.26. The van der Waals surface area contributed by atoms with Crippen LogP contribution in [0.15, 0.2) is 0 Å². The molecule has 0 radical (unpaired) electrons. The fraction of sp³-hybridized carbons (Fsp3) is 0.714. The van der Waals surface area contributed by atoms with Gasteiger partial charge in [0.2, 0.25) is 0 Å². The first-order chi connectivity index (χ1) is 9.51. The summed E-state index contributed by atoms with van der Waals surface area (Å²) in [6.07, 6.45) is 2.86. The molecule has 1 N–H and O–H groups in total. The molecule has 2 rings (SSSR count). The second kappa shape index (κ2) is 6.54.